The van der Waals surface area contributed by atoms with Crippen molar-refractivity contribution in [2.24, 2.45) is 4.99 Å². The van der Waals surface area contributed by atoms with Crippen LogP contribution in [0.1, 0.15) is 23.6 Å². The van der Waals surface area contributed by atoms with Crippen LogP contribution >= 0.6 is 0 Å². The van der Waals surface area contributed by atoms with Crippen LogP contribution in [0.2, 0.25) is 0 Å². The van der Waals surface area contributed by atoms with E-state index in [1.807, 2.05) is 25.1 Å². The zero-order chi connectivity index (χ0) is 13.0. The summed E-state index contributed by atoms with van der Waals surface area (Å²) < 4.78 is 0. The molecule has 2 nitrogen and oxygen atoms in total. The third kappa shape index (κ3) is 2.98. The summed E-state index contributed by atoms with van der Waals surface area (Å²) in [5.41, 5.74) is 4.08. The largest absolute Gasteiger partial charge is 0.507 e. The third-order valence-corrected chi connectivity index (χ3v) is 2.91. The molecule has 0 aliphatic rings. The maximum atomic E-state index is 9.73. The zero-order valence-corrected chi connectivity index (χ0v) is 10.7. The molecule has 2 heteroatoms. The van der Waals surface area contributed by atoms with Gasteiger partial charge in [0.05, 0.1) is 6.54 Å². The van der Waals surface area contributed by atoms with Gasteiger partial charge in [-0.15, -0.1) is 0 Å². The summed E-state index contributed by atoms with van der Waals surface area (Å²) in [7, 11) is 0. The van der Waals surface area contributed by atoms with E-state index >= 15 is 0 Å². The minimum Gasteiger partial charge on any atom is -0.507 e. The number of benzene rings is 2. The lowest BCUT2D eigenvalue weighted by atomic mass is 10.1. The summed E-state index contributed by atoms with van der Waals surface area (Å²) in [6, 6.07) is 15.6. The van der Waals surface area contributed by atoms with Crippen molar-refractivity contribution in [2.45, 2.75) is 20.4 Å². The number of aliphatic imine (C=N–C) groups is 1. The number of phenols is 1. The topological polar surface area (TPSA) is 32.6 Å². The molecule has 1 N–H and O–H groups in total. The Kier molecular flexibility index (Phi) is 3.78. The second-order valence-corrected chi connectivity index (χ2v) is 4.40. The van der Waals surface area contributed by atoms with Crippen LogP contribution in [0, 0.1) is 6.92 Å². The molecule has 0 heterocycles. The van der Waals surface area contributed by atoms with Crippen molar-refractivity contribution in [1.29, 1.82) is 0 Å². The second-order valence-electron chi connectivity index (χ2n) is 4.40. The molecule has 0 aliphatic carbocycles. The van der Waals surface area contributed by atoms with E-state index in [4.69, 9.17) is 0 Å². The lowest BCUT2D eigenvalue weighted by molar-refractivity contribution is 0.474. The number of hydrogen-bond acceptors (Lipinski definition) is 2. The number of rotatable bonds is 3. The number of para-hydroxylation sites is 1. The summed E-state index contributed by atoms with van der Waals surface area (Å²) in [6.45, 7) is 4.63. The minimum atomic E-state index is 0.280. The molecule has 0 radical (unpaired) electrons. The summed E-state index contributed by atoms with van der Waals surface area (Å²) >= 11 is 0. The molecular weight excluding hydrogens is 222 g/mol. The number of aromatic hydroxyl groups is 1. The minimum absolute atomic E-state index is 0.280. The average molecular weight is 239 g/mol. The molecule has 2 rings (SSSR count). The van der Waals surface area contributed by atoms with E-state index in [0.717, 1.165) is 11.3 Å². The van der Waals surface area contributed by atoms with Gasteiger partial charge in [0.15, 0.2) is 0 Å². The van der Waals surface area contributed by atoms with E-state index in [0.29, 0.717) is 6.54 Å². The average Bonchev–Trinajstić information content (AvgIpc) is 2.38. The molecule has 0 saturated heterocycles. The third-order valence-electron chi connectivity index (χ3n) is 2.91. The van der Waals surface area contributed by atoms with Gasteiger partial charge < -0.3 is 5.11 Å². The first kappa shape index (κ1) is 12.4. The number of hydrogen-bond donors (Lipinski definition) is 1. The Hall–Kier alpha value is -2.09. The Bertz CT molecular complexity index is 556. The van der Waals surface area contributed by atoms with Crippen molar-refractivity contribution in [2.75, 3.05) is 0 Å². The van der Waals surface area contributed by atoms with Gasteiger partial charge >= 0.3 is 0 Å². The SMILES string of the molecule is CC(=NCc1ccc(C)cc1)c1ccccc1O. The fourth-order valence-electron chi connectivity index (χ4n) is 1.77. The fourth-order valence-corrected chi connectivity index (χ4v) is 1.77. The Morgan fingerprint density at radius 3 is 2.39 bits per heavy atom. The Morgan fingerprint density at radius 1 is 1.06 bits per heavy atom. The summed E-state index contributed by atoms with van der Waals surface area (Å²) in [5, 5.41) is 9.73. The van der Waals surface area contributed by atoms with Gasteiger partial charge in [-0.2, -0.15) is 0 Å². The van der Waals surface area contributed by atoms with E-state index in [2.05, 4.69) is 36.2 Å². The van der Waals surface area contributed by atoms with Crippen LogP contribution in [0.5, 0.6) is 5.75 Å². The maximum absolute atomic E-state index is 9.73. The predicted octanol–water partition coefficient (Wildman–Crippen LogP) is 3.71. The van der Waals surface area contributed by atoms with Crippen LogP contribution in [0.4, 0.5) is 0 Å². The molecule has 0 amide bonds. The van der Waals surface area contributed by atoms with Crippen molar-refractivity contribution in [3.8, 4) is 5.75 Å². The van der Waals surface area contributed by atoms with E-state index in [1.54, 1.807) is 6.07 Å². The Balaban J connectivity index is 2.14. The molecule has 0 unspecified atom stereocenters. The van der Waals surface area contributed by atoms with Gasteiger partial charge in [-0.25, -0.2) is 0 Å². The molecule has 2 aromatic rings. The highest BCUT2D eigenvalue weighted by atomic mass is 16.3. The molecule has 0 aliphatic heterocycles. The van der Waals surface area contributed by atoms with Crippen LogP contribution in [0.3, 0.4) is 0 Å². The van der Waals surface area contributed by atoms with Crippen molar-refractivity contribution >= 4 is 5.71 Å². The van der Waals surface area contributed by atoms with Crippen LogP contribution in [0.15, 0.2) is 53.5 Å². The highest BCUT2D eigenvalue weighted by molar-refractivity contribution is 6.00. The van der Waals surface area contributed by atoms with Gasteiger partial charge in [0.25, 0.3) is 0 Å². The Morgan fingerprint density at radius 2 is 1.72 bits per heavy atom. The van der Waals surface area contributed by atoms with Gasteiger partial charge in [0.2, 0.25) is 0 Å². The van der Waals surface area contributed by atoms with Crippen LogP contribution in [-0.2, 0) is 6.54 Å². The summed E-state index contributed by atoms with van der Waals surface area (Å²) in [6.07, 6.45) is 0. The normalized spacial score (nSPS) is 11.6. The van der Waals surface area contributed by atoms with Crippen molar-refractivity contribution < 1.29 is 5.11 Å². The smallest absolute Gasteiger partial charge is 0.124 e. The molecule has 0 atom stereocenters. The van der Waals surface area contributed by atoms with Gasteiger partial charge in [-0.3, -0.25) is 4.99 Å². The summed E-state index contributed by atoms with van der Waals surface area (Å²) in [4.78, 5) is 4.51. The Labute approximate surface area is 108 Å². The number of aryl methyl sites for hydroxylation is 1. The van der Waals surface area contributed by atoms with Gasteiger partial charge in [-0.1, -0.05) is 42.0 Å². The number of nitrogens with zero attached hydrogens (tertiary/aromatic N) is 1. The maximum Gasteiger partial charge on any atom is 0.124 e. The van der Waals surface area contributed by atoms with Crippen molar-refractivity contribution in [3.63, 3.8) is 0 Å². The first-order chi connectivity index (χ1) is 8.66. The van der Waals surface area contributed by atoms with E-state index in [-0.39, 0.29) is 5.75 Å². The number of phenolic OH excluding ortho intramolecular Hbond substituents is 1. The highest BCUT2D eigenvalue weighted by Crippen LogP contribution is 2.17. The highest BCUT2D eigenvalue weighted by Gasteiger charge is 2.02. The molecule has 92 valence electrons. The van der Waals surface area contributed by atoms with Crippen LogP contribution in [-0.4, -0.2) is 10.8 Å². The molecular formula is C16H17NO. The van der Waals surface area contributed by atoms with E-state index in [9.17, 15) is 5.11 Å². The van der Waals surface area contributed by atoms with Crippen LogP contribution in [0.25, 0.3) is 0 Å². The van der Waals surface area contributed by atoms with Gasteiger partial charge in [0, 0.05) is 11.3 Å². The fraction of sp³-hybridized carbons (Fsp3) is 0.188. The molecule has 18 heavy (non-hydrogen) atoms. The molecule has 0 spiro atoms. The molecule has 0 saturated carbocycles. The molecule has 0 bridgehead atoms. The van der Waals surface area contributed by atoms with Gasteiger partial charge in [-0.05, 0) is 31.5 Å². The quantitative estimate of drug-likeness (QED) is 0.814. The van der Waals surface area contributed by atoms with Gasteiger partial charge in [0.1, 0.15) is 5.75 Å². The molecule has 0 aromatic heterocycles. The molecule has 0 fully saturated rings. The lowest BCUT2D eigenvalue weighted by Crippen LogP contribution is -1.96. The summed E-state index contributed by atoms with van der Waals surface area (Å²) in [5.74, 6) is 0.280. The first-order valence-corrected chi connectivity index (χ1v) is 6.02. The first-order valence-electron chi connectivity index (χ1n) is 6.02. The van der Waals surface area contributed by atoms with Crippen molar-refractivity contribution in [3.05, 3.63) is 65.2 Å². The standard InChI is InChI=1S/C16H17NO/c1-12-7-9-14(10-8-12)11-17-13(2)15-5-3-4-6-16(15)18/h3-10,18H,11H2,1-2H3. The van der Waals surface area contributed by atoms with Crippen molar-refractivity contribution in [1.82, 2.24) is 0 Å². The second kappa shape index (κ2) is 5.50. The van der Waals surface area contributed by atoms with Crippen LogP contribution < -0.4 is 0 Å². The molecule has 2 aromatic carbocycles. The zero-order valence-electron chi connectivity index (χ0n) is 10.7. The van der Waals surface area contributed by atoms with E-state index in [1.165, 1.54) is 11.1 Å². The predicted molar refractivity (Wildman–Crippen MR) is 75.2 cm³/mol. The van der Waals surface area contributed by atoms with E-state index < -0.39 is 0 Å². The lowest BCUT2D eigenvalue weighted by Gasteiger charge is -2.04. The monoisotopic (exact) mass is 239 g/mol.